The second-order valence-corrected chi connectivity index (χ2v) is 16.6. The van der Waals surface area contributed by atoms with Crippen LogP contribution in [0.2, 0.25) is 18.1 Å². The molecule has 0 unspecified atom stereocenters. The molecule has 1 fully saturated rings. The molecular formula is C20H31N5O6S2Si. The second kappa shape index (κ2) is 9.99. The van der Waals surface area contributed by atoms with Crippen LogP contribution < -0.4 is 0 Å². The van der Waals surface area contributed by atoms with Crippen LogP contribution in [0, 0.1) is 5.92 Å². The number of β-lactam (4-membered cyclic amide) rings is 1. The number of thioether (sulfide) groups is 2. The van der Waals surface area contributed by atoms with Gasteiger partial charge in [-0.2, -0.15) is 0 Å². The zero-order valence-electron chi connectivity index (χ0n) is 20.6. The van der Waals surface area contributed by atoms with Gasteiger partial charge in [0.1, 0.15) is 11.1 Å². The summed E-state index contributed by atoms with van der Waals surface area (Å²) in [4.78, 5) is 39.3. The molecule has 0 aromatic carbocycles. The number of carbonyl (C=O) groups excluding carboxylic acids is 3. The molecule has 1 amide bonds. The SMILES string of the molecule is CC(=O)OCOC(=O)C1=C(CSc2nnnn2C)S[C@@H]2[C@@H]([C@@H](C)O[Si](C)(C)C(C)(C)C)C(=O)N12. The summed E-state index contributed by atoms with van der Waals surface area (Å²) >= 11 is 2.80. The van der Waals surface area contributed by atoms with E-state index >= 15 is 0 Å². The van der Waals surface area contributed by atoms with Gasteiger partial charge in [0, 0.05) is 24.6 Å². The molecule has 1 saturated heterocycles. The van der Waals surface area contributed by atoms with Crippen LogP contribution in [0.1, 0.15) is 34.6 Å². The molecule has 0 bridgehead atoms. The number of aromatic nitrogens is 4. The van der Waals surface area contributed by atoms with Crippen molar-refractivity contribution >= 4 is 49.7 Å². The maximum atomic E-state index is 13.2. The Hall–Kier alpha value is -1.90. The Morgan fingerprint density at radius 3 is 2.50 bits per heavy atom. The van der Waals surface area contributed by atoms with E-state index in [0.29, 0.717) is 15.8 Å². The minimum Gasteiger partial charge on any atom is -0.428 e. The van der Waals surface area contributed by atoms with Crippen LogP contribution in [0.5, 0.6) is 0 Å². The molecule has 3 atom stereocenters. The fraction of sp³-hybridized carbons (Fsp3) is 0.700. The Morgan fingerprint density at radius 1 is 1.26 bits per heavy atom. The molecule has 0 aliphatic carbocycles. The van der Waals surface area contributed by atoms with Gasteiger partial charge in [-0.15, -0.1) is 16.9 Å². The Balaban J connectivity index is 1.78. The molecule has 2 aliphatic heterocycles. The number of tetrazole rings is 1. The minimum atomic E-state index is -2.09. The number of fused-ring (bicyclic) bond motifs is 1. The third-order valence-electron chi connectivity index (χ3n) is 6.20. The molecule has 3 rings (SSSR count). The van der Waals surface area contributed by atoms with Crippen molar-refractivity contribution < 1.29 is 28.3 Å². The number of carbonyl (C=O) groups is 3. The highest BCUT2D eigenvalue weighted by molar-refractivity contribution is 8.06. The van der Waals surface area contributed by atoms with Crippen molar-refractivity contribution in [2.24, 2.45) is 13.0 Å². The van der Waals surface area contributed by atoms with Gasteiger partial charge in [0.15, 0.2) is 8.32 Å². The number of rotatable bonds is 9. The normalized spacial score (nSPS) is 21.3. The van der Waals surface area contributed by atoms with Crippen molar-refractivity contribution in [1.82, 2.24) is 25.1 Å². The molecule has 11 nitrogen and oxygen atoms in total. The Kier molecular flexibility index (Phi) is 7.85. The molecule has 3 heterocycles. The van der Waals surface area contributed by atoms with Crippen LogP contribution in [0.4, 0.5) is 0 Å². The first kappa shape index (κ1) is 26.7. The fourth-order valence-corrected chi connectivity index (χ4v) is 7.33. The van der Waals surface area contributed by atoms with Crippen LogP contribution >= 0.6 is 23.5 Å². The van der Waals surface area contributed by atoms with Gasteiger partial charge in [-0.05, 0) is 35.5 Å². The summed E-state index contributed by atoms with van der Waals surface area (Å²) in [5, 5.41) is 11.7. The van der Waals surface area contributed by atoms with E-state index in [1.165, 1.54) is 40.0 Å². The predicted octanol–water partition coefficient (Wildman–Crippen LogP) is 2.52. The van der Waals surface area contributed by atoms with Crippen molar-refractivity contribution in [2.45, 2.75) is 69.4 Å². The first-order valence-corrected chi connectivity index (χ1v) is 15.6. The number of hydrogen-bond acceptors (Lipinski definition) is 11. The smallest absolute Gasteiger partial charge is 0.358 e. The van der Waals surface area contributed by atoms with E-state index in [2.05, 4.69) is 49.4 Å². The molecule has 0 spiro atoms. The lowest BCUT2D eigenvalue weighted by Gasteiger charge is -2.48. The summed E-state index contributed by atoms with van der Waals surface area (Å²) < 4.78 is 17.9. The average molecular weight is 530 g/mol. The van der Waals surface area contributed by atoms with Crippen LogP contribution in [-0.2, 0) is 35.3 Å². The Bertz CT molecular complexity index is 1010. The van der Waals surface area contributed by atoms with E-state index in [4.69, 9.17) is 13.9 Å². The van der Waals surface area contributed by atoms with Gasteiger partial charge >= 0.3 is 11.9 Å². The zero-order chi connectivity index (χ0) is 25.4. The number of amides is 1. The average Bonchev–Trinajstić information content (AvgIpc) is 3.25. The summed E-state index contributed by atoms with van der Waals surface area (Å²) in [5.41, 5.74) is 0.172. The van der Waals surface area contributed by atoms with E-state index in [1.54, 1.807) is 7.05 Å². The topological polar surface area (TPSA) is 126 Å². The summed E-state index contributed by atoms with van der Waals surface area (Å²) in [6.07, 6.45) is -0.296. The standard InChI is InChI=1S/C20H31N5O6S2Si/c1-11(31-34(7,8)20(3,4)5)14-16(27)25-15(18(28)30-10-29-12(2)26)13(33-17(14)25)9-32-19-21-22-23-24(19)6/h11,14,17H,9-10H2,1-8H3/t11-,14+,17-/m1/s1. The second-order valence-electron chi connectivity index (χ2n) is 9.66. The molecule has 0 radical (unpaired) electrons. The van der Waals surface area contributed by atoms with E-state index in [-0.39, 0.29) is 34.0 Å². The number of hydrogen-bond donors (Lipinski definition) is 0. The van der Waals surface area contributed by atoms with Gasteiger partial charge in [-0.3, -0.25) is 14.5 Å². The lowest BCUT2D eigenvalue weighted by molar-refractivity contribution is -0.168. The molecule has 1 aromatic heterocycles. The van der Waals surface area contributed by atoms with Crippen molar-refractivity contribution in [3.63, 3.8) is 0 Å². The quantitative estimate of drug-likeness (QED) is 0.154. The Morgan fingerprint density at radius 2 is 1.94 bits per heavy atom. The highest BCUT2D eigenvalue weighted by Gasteiger charge is 2.59. The first-order valence-electron chi connectivity index (χ1n) is 10.8. The molecule has 34 heavy (non-hydrogen) atoms. The molecule has 0 N–H and O–H groups in total. The molecule has 2 aliphatic rings. The van der Waals surface area contributed by atoms with E-state index in [0.717, 1.165) is 0 Å². The Labute approximate surface area is 208 Å². The molecular weight excluding hydrogens is 498 g/mol. The van der Waals surface area contributed by atoms with Gasteiger partial charge in [0.05, 0.1) is 12.0 Å². The summed E-state index contributed by atoms with van der Waals surface area (Å²) in [6.45, 7) is 13.4. The van der Waals surface area contributed by atoms with E-state index < -0.39 is 27.0 Å². The summed E-state index contributed by atoms with van der Waals surface area (Å²) in [7, 11) is -0.370. The third-order valence-corrected chi connectivity index (χ3v) is 13.4. The van der Waals surface area contributed by atoms with Gasteiger partial charge in [-0.1, -0.05) is 32.5 Å². The van der Waals surface area contributed by atoms with Crippen molar-refractivity contribution in [1.29, 1.82) is 0 Å². The van der Waals surface area contributed by atoms with Crippen molar-refractivity contribution in [3.8, 4) is 0 Å². The zero-order valence-corrected chi connectivity index (χ0v) is 23.3. The third kappa shape index (κ3) is 5.34. The van der Waals surface area contributed by atoms with Crippen LogP contribution in [0.15, 0.2) is 15.8 Å². The van der Waals surface area contributed by atoms with Crippen molar-refractivity contribution in [2.75, 3.05) is 12.5 Å². The highest BCUT2D eigenvalue weighted by Crippen LogP contribution is 2.52. The monoisotopic (exact) mass is 529 g/mol. The van der Waals surface area contributed by atoms with Gasteiger partial charge < -0.3 is 13.9 Å². The lowest BCUT2D eigenvalue weighted by Crippen LogP contribution is -2.62. The summed E-state index contributed by atoms with van der Waals surface area (Å²) in [6, 6.07) is 0. The lowest BCUT2D eigenvalue weighted by atomic mass is 9.92. The number of ether oxygens (including phenoxy) is 2. The maximum Gasteiger partial charge on any atom is 0.358 e. The molecule has 0 saturated carbocycles. The highest BCUT2D eigenvalue weighted by atomic mass is 32.2. The summed E-state index contributed by atoms with van der Waals surface area (Å²) in [5.74, 6) is -1.46. The van der Waals surface area contributed by atoms with Crippen LogP contribution in [0.3, 0.4) is 0 Å². The van der Waals surface area contributed by atoms with E-state index in [9.17, 15) is 14.4 Å². The molecule has 1 aromatic rings. The van der Waals surface area contributed by atoms with E-state index in [1.807, 2.05) is 6.92 Å². The maximum absolute atomic E-state index is 13.2. The number of esters is 2. The van der Waals surface area contributed by atoms with Crippen LogP contribution in [-0.4, -0.2) is 75.3 Å². The number of aryl methyl sites for hydroxylation is 1. The largest absolute Gasteiger partial charge is 0.428 e. The minimum absolute atomic E-state index is 0.00638. The molecule has 188 valence electrons. The van der Waals surface area contributed by atoms with Crippen LogP contribution in [0.25, 0.3) is 0 Å². The van der Waals surface area contributed by atoms with Crippen molar-refractivity contribution in [3.05, 3.63) is 10.6 Å². The number of nitrogens with zero attached hydrogens (tertiary/aromatic N) is 5. The predicted molar refractivity (Wildman–Crippen MR) is 129 cm³/mol. The fourth-order valence-electron chi connectivity index (χ4n) is 3.36. The van der Waals surface area contributed by atoms with Gasteiger partial charge in [0.25, 0.3) is 0 Å². The van der Waals surface area contributed by atoms with Gasteiger partial charge in [0.2, 0.25) is 17.9 Å². The first-order chi connectivity index (χ1) is 15.7. The van der Waals surface area contributed by atoms with Gasteiger partial charge in [-0.25, -0.2) is 9.48 Å². The molecule has 14 heteroatoms.